The zero-order valence-electron chi connectivity index (χ0n) is 14.3. The third-order valence-electron chi connectivity index (χ3n) is 5.70. The number of ether oxygens (including phenoxy) is 1. The van der Waals surface area contributed by atoms with Crippen LogP contribution < -0.4 is 0 Å². The van der Waals surface area contributed by atoms with Crippen molar-refractivity contribution >= 4 is 16.9 Å². The lowest BCUT2D eigenvalue weighted by Gasteiger charge is -2.35. The highest BCUT2D eigenvalue weighted by atomic mass is 16.5. The SMILES string of the molecule is CC=C1CN2CCc3c([nH]c4ccccc34)[C@@H](C(=O)OC)[C@H]1CC2. The van der Waals surface area contributed by atoms with Crippen molar-refractivity contribution in [1.29, 1.82) is 0 Å². The Kier molecular flexibility index (Phi) is 3.93. The molecule has 0 spiro atoms. The van der Waals surface area contributed by atoms with Crippen LogP contribution in [0.3, 0.4) is 0 Å². The molecule has 1 fully saturated rings. The second-order valence-electron chi connectivity index (χ2n) is 6.85. The molecule has 0 saturated carbocycles. The smallest absolute Gasteiger partial charge is 0.315 e. The number of esters is 1. The number of H-pyrrole nitrogens is 1. The van der Waals surface area contributed by atoms with Gasteiger partial charge in [0.2, 0.25) is 0 Å². The fourth-order valence-electron chi connectivity index (χ4n) is 4.47. The van der Waals surface area contributed by atoms with E-state index in [0.717, 1.165) is 43.7 Å². The van der Waals surface area contributed by atoms with E-state index in [4.69, 9.17) is 4.74 Å². The zero-order valence-corrected chi connectivity index (χ0v) is 14.3. The molecule has 2 bridgehead atoms. The molecule has 1 saturated heterocycles. The monoisotopic (exact) mass is 324 g/mol. The van der Waals surface area contributed by atoms with Crippen molar-refractivity contribution in [1.82, 2.24) is 9.88 Å². The summed E-state index contributed by atoms with van der Waals surface area (Å²) in [5.41, 5.74) is 4.83. The van der Waals surface area contributed by atoms with Crippen LogP contribution in [0.2, 0.25) is 0 Å². The van der Waals surface area contributed by atoms with Crippen molar-refractivity contribution in [3.8, 4) is 0 Å². The second-order valence-corrected chi connectivity index (χ2v) is 6.85. The summed E-state index contributed by atoms with van der Waals surface area (Å²) in [6.07, 6.45) is 4.17. The van der Waals surface area contributed by atoms with Crippen LogP contribution in [0.25, 0.3) is 10.9 Å². The third-order valence-corrected chi connectivity index (χ3v) is 5.70. The average Bonchev–Trinajstić information content (AvgIpc) is 3.02. The van der Waals surface area contributed by atoms with E-state index in [1.54, 1.807) is 0 Å². The van der Waals surface area contributed by atoms with Gasteiger partial charge in [-0.25, -0.2) is 0 Å². The first kappa shape index (κ1) is 15.5. The quantitative estimate of drug-likeness (QED) is 0.647. The molecule has 3 atom stereocenters. The minimum absolute atomic E-state index is 0.123. The molecule has 1 aromatic carbocycles. The minimum atomic E-state index is -0.233. The molecule has 0 amide bonds. The largest absolute Gasteiger partial charge is 0.468 e. The Morgan fingerprint density at radius 1 is 1.33 bits per heavy atom. The second kappa shape index (κ2) is 6.10. The summed E-state index contributed by atoms with van der Waals surface area (Å²) >= 11 is 0. The van der Waals surface area contributed by atoms with Gasteiger partial charge in [0.05, 0.1) is 7.11 Å². The number of aromatic amines is 1. The summed E-state index contributed by atoms with van der Waals surface area (Å²) in [6.45, 7) is 5.14. The standard InChI is InChI=1S/C20H24N2O2/c1-3-13-12-22-10-8-14(13)18(20(23)24-2)19-16(9-11-22)15-6-4-5-7-17(15)21-19/h3-7,14,18,21H,8-12H2,1-2H3/t14-,18-/m0/s1. The maximum atomic E-state index is 12.7. The Morgan fingerprint density at radius 2 is 2.17 bits per heavy atom. The first-order chi connectivity index (χ1) is 11.7. The van der Waals surface area contributed by atoms with Crippen molar-refractivity contribution in [3.05, 3.63) is 47.2 Å². The molecule has 3 aliphatic rings. The van der Waals surface area contributed by atoms with Crippen LogP contribution in [0.1, 0.15) is 30.5 Å². The highest BCUT2D eigenvalue weighted by molar-refractivity contribution is 5.88. The molecule has 2 aromatic rings. The predicted octanol–water partition coefficient (Wildman–Crippen LogP) is 3.25. The maximum Gasteiger partial charge on any atom is 0.315 e. The fourth-order valence-corrected chi connectivity index (χ4v) is 4.47. The van der Waals surface area contributed by atoms with Crippen LogP contribution in [0.5, 0.6) is 0 Å². The van der Waals surface area contributed by atoms with E-state index in [0.29, 0.717) is 0 Å². The number of hydrogen-bond donors (Lipinski definition) is 1. The van der Waals surface area contributed by atoms with Crippen molar-refractivity contribution in [2.24, 2.45) is 5.92 Å². The summed E-state index contributed by atoms with van der Waals surface area (Å²) < 4.78 is 5.22. The van der Waals surface area contributed by atoms with Crippen molar-refractivity contribution < 1.29 is 9.53 Å². The van der Waals surface area contributed by atoms with Gasteiger partial charge in [-0.3, -0.25) is 9.69 Å². The summed E-state index contributed by atoms with van der Waals surface area (Å²) in [4.78, 5) is 18.8. The molecular weight excluding hydrogens is 300 g/mol. The molecule has 1 unspecified atom stereocenters. The molecule has 0 aliphatic carbocycles. The summed E-state index contributed by atoms with van der Waals surface area (Å²) in [7, 11) is 1.50. The Balaban J connectivity index is 1.94. The van der Waals surface area contributed by atoms with Crippen molar-refractivity contribution in [2.45, 2.75) is 25.7 Å². The van der Waals surface area contributed by atoms with E-state index < -0.39 is 0 Å². The molecule has 4 heteroatoms. The number of rotatable bonds is 1. The molecule has 5 rings (SSSR count). The number of nitrogens with one attached hydrogen (secondary N) is 1. The summed E-state index contributed by atoms with van der Waals surface area (Å²) in [5, 5.41) is 1.24. The van der Waals surface area contributed by atoms with Gasteiger partial charge < -0.3 is 9.72 Å². The summed E-state index contributed by atoms with van der Waals surface area (Å²) in [5.74, 6) is -0.130. The predicted molar refractivity (Wildman–Crippen MR) is 95.1 cm³/mol. The number of hydrogen-bond acceptors (Lipinski definition) is 3. The molecule has 4 heterocycles. The van der Waals surface area contributed by atoms with Gasteiger partial charge in [0.15, 0.2) is 0 Å². The molecule has 0 radical (unpaired) electrons. The number of carbonyl (C=O) groups excluding carboxylic acids is 1. The van der Waals surface area contributed by atoms with Crippen LogP contribution in [-0.4, -0.2) is 42.6 Å². The lowest BCUT2D eigenvalue weighted by atomic mass is 9.78. The van der Waals surface area contributed by atoms with E-state index in [2.05, 4.69) is 41.1 Å². The van der Waals surface area contributed by atoms with Crippen LogP contribution in [0, 0.1) is 5.92 Å². The number of para-hydroxylation sites is 1. The Hall–Kier alpha value is -2.07. The Labute approximate surface area is 142 Å². The first-order valence-electron chi connectivity index (χ1n) is 8.77. The topological polar surface area (TPSA) is 45.3 Å². The van der Waals surface area contributed by atoms with Gasteiger partial charge in [-0.2, -0.15) is 0 Å². The number of piperidine rings is 1. The number of carbonyl (C=O) groups is 1. The van der Waals surface area contributed by atoms with Crippen LogP contribution in [-0.2, 0) is 16.0 Å². The maximum absolute atomic E-state index is 12.7. The van der Waals surface area contributed by atoms with Crippen molar-refractivity contribution in [3.63, 3.8) is 0 Å². The van der Waals surface area contributed by atoms with Gasteiger partial charge in [0.25, 0.3) is 0 Å². The average molecular weight is 324 g/mol. The Bertz CT molecular complexity index is 805. The fraction of sp³-hybridized carbons (Fsp3) is 0.450. The van der Waals surface area contributed by atoms with Gasteiger partial charge in [-0.05, 0) is 37.9 Å². The number of aromatic nitrogens is 1. The van der Waals surface area contributed by atoms with E-state index in [-0.39, 0.29) is 17.8 Å². The first-order valence-corrected chi connectivity index (χ1v) is 8.77. The lowest BCUT2D eigenvalue weighted by Crippen LogP contribution is -2.39. The van der Waals surface area contributed by atoms with Crippen LogP contribution in [0.15, 0.2) is 35.9 Å². The number of benzene rings is 1. The van der Waals surface area contributed by atoms with Gasteiger partial charge in [-0.15, -0.1) is 0 Å². The summed E-state index contributed by atoms with van der Waals surface area (Å²) in [6, 6.07) is 8.36. The number of methoxy groups -OCH3 is 1. The zero-order chi connectivity index (χ0) is 16.7. The molecule has 3 aliphatic heterocycles. The molecular formula is C20H24N2O2. The van der Waals surface area contributed by atoms with Crippen LogP contribution >= 0.6 is 0 Å². The van der Waals surface area contributed by atoms with E-state index in [9.17, 15) is 4.79 Å². The van der Waals surface area contributed by atoms with Gasteiger partial charge in [-0.1, -0.05) is 29.8 Å². The van der Waals surface area contributed by atoms with Crippen molar-refractivity contribution in [2.75, 3.05) is 26.7 Å². The minimum Gasteiger partial charge on any atom is -0.468 e. The molecule has 126 valence electrons. The number of fused-ring (bicyclic) bond motifs is 4. The molecule has 4 nitrogen and oxygen atoms in total. The number of nitrogens with zero attached hydrogens (tertiary/aromatic N) is 1. The molecule has 24 heavy (non-hydrogen) atoms. The highest BCUT2D eigenvalue weighted by Gasteiger charge is 2.39. The molecule has 1 N–H and O–H groups in total. The van der Waals surface area contributed by atoms with E-state index in [1.165, 1.54) is 23.6 Å². The Morgan fingerprint density at radius 3 is 2.96 bits per heavy atom. The van der Waals surface area contributed by atoms with Gasteiger partial charge >= 0.3 is 5.97 Å². The van der Waals surface area contributed by atoms with E-state index >= 15 is 0 Å². The number of allylic oxidation sites excluding steroid dienone is 1. The lowest BCUT2D eigenvalue weighted by molar-refractivity contribution is -0.143. The van der Waals surface area contributed by atoms with E-state index in [1.807, 2.05) is 6.07 Å². The normalized spacial score (nSPS) is 28.2. The molecule has 1 aromatic heterocycles. The van der Waals surface area contributed by atoms with Crippen LogP contribution in [0.4, 0.5) is 0 Å². The highest BCUT2D eigenvalue weighted by Crippen LogP contribution is 2.41. The third kappa shape index (κ3) is 2.37. The van der Waals surface area contributed by atoms with Gasteiger partial charge in [0.1, 0.15) is 5.92 Å². The van der Waals surface area contributed by atoms with Gasteiger partial charge in [0, 0.05) is 35.6 Å².